The third kappa shape index (κ3) is 5.12. The lowest BCUT2D eigenvalue weighted by molar-refractivity contribution is -0.123. The number of nitrogens with one attached hydrogen (secondary N) is 2. The van der Waals surface area contributed by atoms with Crippen LogP contribution in [0.15, 0.2) is 77.3 Å². The third-order valence-corrected chi connectivity index (χ3v) is 4.64. The molecule has 5 nitrogen and oxygen atoms in total. The smallest absolute Gasteiger partial charge is 0.276 e. The van der Waals surface area contributed by atoms with Gasteiger partial charge in [-0.2, -0.15) is 0 Å². The van der Waals surface area contributed by atoms with Crippen molar-refractivity contribution < 1.29 is 14.3 Å². The molecule has 0 spiro atoms. The van der Waals surface area contributed by atoms with Gasteiger partial charge in [0.1, 0.15) is 5.75 Å². The van der Waals surface area contributed by atoms with Crippen molar-refractivity contribution >= 4 is 39.3 Å². The Kier molecular flexibility index (Phi) is 6.68. The first kappa shape index (κ1) is 19.9. The maximum Gasteiger partial charge on any atom is 0.276 e. The molecule has 28 heavy (non-hydrogen) atoms. The minimum Gasteiger partial charge on any atom is -0.483 e. The van der Waals surface area contributed by atoms with Crippen LogP contribution in [0.1, 0.15) is 10.4 Å². The van der Waals surface area contributed by atoms with Gasteiger partial charge in [-0.1, -0.05) is 76.1 Å². The van der Waals surface area contributed by atoms with Crippen molar-refractivity contribution in [2.75, 3.05) is 6.61 Å². The van der Waals surface area contributed by atoms with Crippen LogP contribution >= 0.6 is 27.5 Å². The molecule has 0 aromatic heterocycles. The fourth-order valence-electron chi connectivity index (χ4n) is 2.49. The zero-order valence-electron chi connectivity index (χ0n) is 14.6. The molecule has 0 atom stereocenters. The second kappa shape index (κ2) is 9.39. The first-order valence-corrected chi connectivity index (χ1v) is 9.53. The largest absolute Gasteiger partial charge is 0.483 e. The van der Waals surface area contributed by atoms with E-state index in [2.05, 4.69) is 26.8 Å². The van der Waals surface area contributed by atoms with Crippen molar-refractivity contribution in [1.82, 2.24) is 10.9 Å². The lowest BCUT2D eigenvalue weighted by Gasteiger charge is -2.12. The Hall–Kier alpha value is -2.83. The summed E-state index contributed by atoms with van der Waals surface area (Å²) in [6.07, 6.45) is 0. The topological polar surface area (TPSA) is 67.4 Å². The van der Waals surface area contributed by atoms with Crippen LogP contribution in [-0.2, 0) is 4.79 Å². The molecule has 7 heteroatoms. The second-order valence-electron chi connectivity index (χ2n) is 5.78. The van der Waals surface area contributed by atoms with Gasteiger partial charge in [-0.3, -0.25) is 20.4 Å². The number of amides is 2. The maximum atomic E-state index is 12.2. The third-order valence-electron chi connectivity index (χ3n) is 3.82. The molecule has 0 heterocycles. The van der Waals surface area contributed by atoms with Crippen LogP contribution in [0.3, 0.4) is 0 Å². The summed E-state index contributed by atoms with van der Waals surface area (Å²) in [5.41, 5.74) is 6.75. The Morgan fingerprint density at radius 3 is 2.43 bits per heavy atom. The summed E-state index contributed by atoms with van der Waals surface area (Å²) >= 11 is 9.28. The molecule has 0 saturated heterocycles. The van der Waals surface area contributed by atoms with Crippen LogP contribution < -0.4 is 15.6 Å². The average molecular weight is 460 g/mol. The molecule has 0 aliphatic carbocycles. The van der Waals surface area contributed by atoms with Gasteiger partial charge in [0.05, 0.1) is 10.6 Å². The van der Waals surface area contributed by atoms with Crippen LogP contribution in [0.2, 0.25) is 5.02 Å². The summed E-state index contributed by atoms with van der Waals surface area (Å²) in [6.45, 7) is -0.254. The number of hydrogen-bond donors (Lipinski definition) is 2. The van der Waals surface area contributed by atoms with Gasteiger partial charge in [0, 0.05) is 10.0 Å². The predicted octanol–water partition coefficient (Wildman–Crippen LogP) is 4.61. The van der Waals surface area contributed by atoms with Crippen LogP contribution in [0.4, 0.5) is 0 Å². The van der Waals surface area contributed by atoms with Crippen molar-refractivity contribution in [3.63, 3.8) is 0 Å². The molecule has 3 rings (SSSR count). The zero-order valence-corrected chi connectivity index (χ0v) is 17.0. The quantitative estimate of drug-likeness (QED) is 0.548. The maximum absolute atomic E-state index is 12.2. The number of hydrogen-bond acceptors (Lipinski definition) is 3. The van der Waals surface area contributed by atoms with E-state index in [9.17, 15) is 9.59 Å². The molecule has 0 bridgehead atoms. The molecule has 0 fully saturated rings. The Labute approximate surface area is 175 Å². The van der Waals surface area contributed by atoms with Crippen LogP contribution in [-0.4, -0.2) is 18.4 Å². The van der Waals surface area contributed by atoms with Gasteiger partial charge in [0.15, 0.2) is 6.61 Å². The summed E-state index contributed by atoms with van der Waals surface area (Å²) in [5, 5.41) is 0.281. The highest BCUT2D eigenvalue weighted by Gasteiger charge is 2.13. The molecule has 3 aromatic carbocycles. The van der Waals surface area contributed by atoms with E-state index >= 15 is 0 Å². The highest BCUT2D eigenvalue weighted by molar-refractivity contribution is 9.10. The summed E-state index contributed by atoms with van der Waals surface area (Å²) < 4.78 is 6.34. The molecule has 142 valence electrons. The van der Waals surface area contributed by atoms with Gasteiger partial charge in [0.2, 0.25) is 0 Å². The van der Waals surface area contributed by atoms with Crippen LogP contribution in [0.5, 0.6) is 5.75 Å². The van der Waals surface area contributed by atoms with E-state index in [0.29, 0.717) is 10.2 Å². The summed E-state index contributed by atoms with van der Waals surface area (Å²) in [7, 11) is 0. The monoisotopic (exact) mass is 458 g/mol. The molecule has 2 N–H and O–H groups in total. The number of rotatable bonds is 5. The minimum absolute atomic E-state index is 0.242. The van der Waals surface area contributed by atoms with E-state index < -0.39 is 11.8 Å². The van der Waals surface area contributed by atoms with E-state index in [0.717, 1.165) is 11.1 Å². The molecular formula is C21H16BrClN2O3. The van der Waals surface area contributed by atoms with Crippen molar-refractivity contribution in [2.24, 2.45) is 0 Å². The van der Waals surface area contributed by atoms with Gasteiger partial charge >= 0.3 is 0 Å². The Balaban J connectivity index is 1.58. The lowest BCUT2D eigenvalue weighted by Crippen LogP contribution is -2.43. The molecule has 0 aliphatic rings. The predicted molar refractivity (Wildman–Crippen MR) is 112 cm³/mol. The standard InChI is InChI=1S/C21H16BrClN2O3/c22-15-10-11-18(23)17(12-15)21(27)25-24-20(26)13-28-19-9-5-4-8-16(19)14-6-2-1-3-7-14/h1-12H,13H2,(H,24,26)(H,25,27). The summed E-state index contributed by atoms with van der Waals surface area (Å²) in [5.74, 6) is -0.447. The van der Waals surface area contributed by atoms with Crippen molar-refractivity contribution in [3.05, 3.63) is 87.9 Å². The highest BCUT2D eigenvalue weighted by Crippen LogP contribution is 2.29. The number of benzene rings is 3. The number of halogens is 2. The van der Waals surface area contributed by atoms with E-state index in [-0.39, 0.29) is 17.2 Å². The Bertz CT molecular complexity index is 996. The van der Waals surface area contributed by atoms with E-state index in [1.54, 1.807) is 24.3 Å². The Morgan fingerprint density at radius 1 is 0.929 bits per heavy atom. The zero-order chi connectivity index (χ0) is 19.9. The highest BCUT2D eigenvalue weighted by atomic mass is 79.9. The number of carbonyl (C=O) groups is 2. The van der Waals surface area contributed by atoms with Gasteiger partial charge in [-0.05, 0) is 29.8 Å². The lowest BCUT2D eigenvalue weighted by atomic mass is 10.1. The number of carbonyl (C=O) groups excluding carboxylic acids is 2. The fraction of sp³-hybridized carbons (Fsp3) is 0.0476. The van der Waals surface area contributed by atoms with E-state index in [1.165, 1.54) is 0 Å². The molecule has 2 amide bonds. The molecule has 3 aromatic rings. The molecule has 0 aliphatic heterocycles. The SMILES string of the molecule is O=C(COc1ccccc1-c1ccccc1)NNC(=O)c1cc(Br)ccc1Cl. The van der Waals surface area contributed by atoms with Crippen LogP contribution in [0, 0.1) is 0 Å². The van der Waals surface area contributed by atoms with E-state index in [4.69, 9.17) is 16.3 Å². The van der Waals surface area contributed by atoms with Gasteiger partial charge in [-0.15, -0.1) is 0 Å². The average Bonchev–Trinajstić information content (AvgIpc) is 2.73. The van der Waals surface area contributed by atoms with Gasteiger partial charge in [0.25, 0.3) is 11.8 Å². The van der Waals surface area contributed by atoms with E-state index in [1.807, 2.05) is 48.5 Å². The van der Waals surface area contributed by atoms with Crippen LogP contribution in [0.25, 0.3) is 11.1 Å². The van der Waals surface area contributed by atoms with Crippen molar-refractivity contribution in [2.45, 2.75) is 0 Å². The Morgan fingerprint density at radius 2 is 1.64 bits per heavy atom. The van der Waals surface area contributed by atoms with Crippen molar-refractivity contribution in [3.8, 4) is 16.9 Å². The first-order valence-electron chi connectivity index (χ1n) is 8.36. The molecule has 0 radical (unpaired) electrons. The molecular weight excluding hydrogens is 444 g/mol. The fourth-order valence-corrected chi connectivity index (χ4v) is 3.06. The number of ether oxygens (including phenoxy) is 1. The van der Waals surface area contributed by atoms with Crippen molar-refractivity contribution in [1.29, 1.82) is 0 Å². The summed E-state index contributed by atoms with van der Waals surface area (Å²) in [4.78, 5) is 24.2. The van der Waals surface area contributed by atoms with Gasteiger partial charge in [-0.25, -0.2) is 0 Å². The minimum atomic E-state index is -0.524. The number of para-hydroxylation sites is 1. The molecule has 0 saturated carbocycles. The number of hydrazine groups is 1. The summed E-state index contributed by atoms with van der Waals surface area (Å²) in [6, 6.07) is 22.0. The first-order chi connectivity index (χ1) is 13.5. The molecule has 0 unspecified atom stereocenters. The normalized spacial score (nSPS) is 10.2. The second-order valence-corrected chi connectivity index (χ2v) is 7.10. The van der Waals surface area contributed by atoms with Gasteiger partial charge < -0.3 is 4.74 Å².